The normalized spacial score (nSPS) is 38.5. The molecule has 6 nitrogen and oxygen atoms in total. The molecule has 0 aromatic heterocycles. The molecule has 0 aliphatic heterocycles. The van der Waals surface area contributed by atoms with Gasteiger partial charge in [0.05, 0.1) is 0 Å². The minimum atomic E-state index is -5.05. The van der Waals surface area contributed by atoms with Crippen LogP contribution in [-0.2, 0) is 20.2 Å². The first-order chi connectivity index (χ1) is 11.4. The second kappa shape index (κ2) is 7.09. The Balaban J connectivity index is 2.83. The van der Waals surface area contributed by atoms with Crippen LogP contribution in [0, 0.1) is 35.5 Å². The van der Waals surface area contributed by atoms with E-state index in [1.165, 1.54) is 0 Å². The zero-order valence-corrected chi connectivity index (χ0v) is 17.2. The Bertz CT molecular complexity index is 604. The van der Waals surface area contributed by atoms with Gasteiger partial charge in [0.25, 0.3) is 20.2 Å². The highest BCUT2D eigenvalue weighted by Gasteiger charge is 2.68. The van der Waals surface area contributed by atoms with Crippen molar-refractivity contribution in [1.82, 2.24) is 0 Å². The first-order valence-corrected chi connectivity index (χ1v) is 12.2. The van der Waals surface area contributed by atoms with Crippen LogP contribution < -0.4 is 0 Å². The standard InChI is InChI=1S/C17H32O6S2/c1-11-7-5-8-12(2)15(11)17(24(18,19)20,25(21,22)23)16-13(3)9-6-10-14(16)4/h11-16H,5-10H2,1-4H3,(H,18,19,20)(H,21,22,23). The monoisotopic (exact) mass is 396 g/mol. The Hall–Kier alpha value is -0.180. The van der Waals surface area contributed by atoms with Gasteiger partial charge in [-0.25, -0.2) is 0 Å². The summed E-state index contributed by atoms with van der Waals surface area (Å²) in [6.45, 7) is 7.35. The highest BCUT2D eigenvalue weighted by molar-refractivity contribution is 8.05. The van der Waals surface area contributed by atoms with Gasteiger partial charge in [-0.15, -0.1) is 0 Å². The van der Waals surface area contributed by atoms with Gasteiger partial charge in [-0.05, 0) is 23.7 Å². The minimum Gasteiger partial charge on any atom is -0.284 e. The van der Waals surface area contributed by atoms with Gasteiger partial charge in [0, 0.05) is 11.8 Å². The smallest absolute Gasteiger partial charge is 0.284 e. The van der Waals surface area contributed by atoms with Crippen molar-refractivity contribution in [2.75, 3.05) is 0 Å². The summed E-state index contributed by atoms with van der Waals surface area (Å²) in [4.78, 5) is 0. The quantitative estimate of drug-likeness (QED) is 0.703. The van der Waals surface area contributed by atoms with Crippen LogP contribution in [0.3, 0.4) is 0 Å². The molecule has 2 aliphatic carbocycles. The van der Waals surface area contributed by atoms with Crippen LogP contribution in [0.25, 0.3) is 0 Å². The van der Waals surface area contributed by atoms with Gasteiger partial charge in [0.2, 0.25) is 4.08 Å². The molecular formula is C17H32O6S2. The summed E-state index contributed by atoms with van der Waals surface area (Å²) >= 11 is 0. The Morgan fingerprint density at radius 3 is 1.08 bits per heavy atom. The van der Waals surface area contributed by atoms with Crippen LogP contribution in [0.15, 0.2) is 0 Å². The van der Waals surface area contributed by atoms with Crippen LogP contribution in [0.4, 0.5) is 0 Å². The lowest BCUT2D eigenvalue weighted by atomic mass is 9.63. The molecule has 0 aromatic carbocycles. The largest absolute Gasteiger partial charge is 0.288 e. The molecule has 0 radical (unpaired) electrons. The van der Waals surface area contributed by atoms with Crippen molar-refractivity contribution in [3.8, 4) is 0 Å². The highest BCUT2D eigenvalue weighted by atomic mass is 32.3. The van der Waals surface area contributed by atoms with E-state index in [4.69, 9.17) is 0 Å². The summed E-state index contributed by atoms with van der Waals surface area (Å²) in [5, 5.41) is 0. The van der Waals surface area contributed by atoms with Crippen molar-refractivity contribution in [1.29, 1.82) is 0 Å². The van der Waals surface area contributed by atoms with E-state index in [2.05, 4.69) is 0 Å². The van der Waals surface area contributed by atoms with E-state index in [0.29, 0.717) is 25.7 Å². The molecule has 2 N–H and O–H groups in total. The predicted molar refractivity (Wildman–Crippen MR) is 97.2 cm³/mol. The molecule has 2 saturated carbocycles. The van der Waals surface area contributed by atoms with Gasteiger partial charge in [0.1, 0.15) is 0 Å². The van der Waals surface area contributed by atoms with Crippen molar-refractivity contribution < 1.29 is 25.9 Å². The molecule has 25 heavy (non-hydrogen) atoms. The van der Waals surface area contributed by atoms with Crippen molar-refractivity contribution >= 4 is 20.2 Å². The Labute approximate surface area is 152 Å². The summed E-state index contributed by atoms with van der Waals surface area (Å²) < 4.78 is 68.8. The molecule has 4 atom stereocenters. The molecule has 148 valence electrons. The SMILES string of the molecule is CC1CCCC(C)C1C(C1C(C)CCCC1C)(S(=O)(=O)O)S(=O)(=O)O. The summed E-state index contributed by atoms with van der Waals surface area (Å²) in [6, 6.07) is 0. The fraction of sp³-hybridized carbons (Fsp3) is 1.00. The van der Waals surface area contributed by atoms with Crippen LogP contribution in [0.2, 0.25) is 0 Å². The maximum atomic E-state index is 12.7. The third-order valence-electron chi connectivity index (χ3n) is 6.83. The van der Waals surface area contributed by atoms with Crippen LogP contribution in [-0.4, -0.2) is 30.0 Å². The molecule has 0 amide bonds. The van der Waals surface area contributed by atoms with Crippen molar-refractivity contribution in [3.05, 3.63) is 0 Å². The van der Waals surface area contributed by atoms with E-state index in [-0.39, 0.29) is 23.7 Å². The van der Waals surface area contributed by atoms with Gasteiger partial charge in [-0.3, -0.25) is 9.11 Å². The number of hydrogen-bond donors (Lipinski definition) is 2. The van der Waals surface area contributed by atoms with E-state index < -0.39 is 36.2 Å². The summed E-state index contributed by atoms with van der Waals surface area (Å²) in [6.07, 6.45) is 4.55. The fourth-order valence-corrected chi connectivity index (χ4v) is 10.3. The van der Waals surface area contributed by atoms with Gasteiger partial charge in [0.15, 0.2) is 0 Å². The van der Waals surface area contributed by atoms with E-state index in [0.717, 1.165) is 12.8 Å². The number of hydrogen-bond acceptors (Lipinski definition) is 4. The Morgan fingerprint density at radius 2 is 0.880 bits per heavy atom. The van der Waals surface area contributed by atoms with Crippen LogP contribution in [0.5, 0.6) is 0 Å². The molecular weight excluding hydrogens is 364 g/mol. The highest BCUT2D eigenvalue weighted by Crippen LogP contribution is 2.56. The maximum absolute atomic E-state index is 12.7. The molecule has 0 spiro atoms. The second-order valence-corrected chi connectivity index (χ2v) is 12.0. The lowest BCUT2D eigenvalue weighted by Crippen LogP contribution is -2.64. The van der Waals surface area contributed by atoms with E-state index in [1.54, 1.807) is 0 Å². The molecule has 8 heteroatoms. The molecule has 2 aliphatic rings. The molecule has 0 bridgehead atoms. The zero-order valence-electron chi connectivity index (χ0n) is 15.6. The first-order valence-electron chi connectivity index (χ1n) is 9.29. The molecule has 2 rings (SSSR count). The van der Waals surface area contributed by atoms with Crippen LogP contribution >= 0.6 is 0 Å². The first kappa shape index (κ1) is 21.1. The Kier molecular flexibility index (Phi) is 5.99. The van der Waals surface area contributed by atoms with Crippen LogP contribution in [0.1, 0.15) is 66.2 Å². The van der Waals surface area contributed by atoms with Gasteiger partial charge >= 0.3 is 0 Å². The lowest BCUT2D eigenvalue weighted by Gasteiger charge is -2.52. The Morgan fingerprint density at radius 1 is 0.640 bits per heavy atom. The molecule has 0 aromatic rings. The van der Waals surface area contributed by atoms with E-state index in [1.807, 2.05) is 27.7 Å². The molecule has 0 saturated heterocycles. The summed E-state index contributed by atoms with van der Waals surface area (Å²) in [5.74, 6) is -2.50. The summed E-state index contributed by atoms with van der Waals surface area (Å²) in [7, 11) is -10.1. The summed E-state index contributed by atoms with van der Waals surface area (Å²) in [5.41, 5.74) is 0. The lowest BCUT2D eigenvalue weighted by molar-refractivity contribution is 0.0600. The van der Waals surface area contributed by atoms with Crippen molar-refractivity contribution in [2.45, 2.75) is 70.3 Å². The third-order valence-corrected chi connectivity index (χ3v) is 10.8. The van der Waals surface area contributed by atoms with E-state index >= 15 is 0 Å². The topological polar surface area (TPSA) is 109 Å². The third kappa shape index (κ3) is 3.39. The molecule has 4 unspecified atom stereocenters. The van der Waals surface area contributed by atoms with Crippen molar-refractivity contribution in [2.24, 2.45) is 35.5 Å². The number of rotatable bonds is 4. The maximum Gasteiger partial charge on any atom is 0.288 e. The second-order valence-electron chi connectivity index (χ2n) is 8.49. The van der Waals surface area contributed by atoms with E-state index in [9.17, 15) is 25.9 Å². The molecule has 0 heterocycles. The van der Waals surface area contributed by atoms with Crippen molar-refractivity contribution in [3.63, 3.8) is 0 Å². The average Bonchev–Trinajstić information content (AvgIpc) is 2.42. The average molecular weight is 397 g/mol. The van der Waals surface area contributed by atoms with Gasteiger partial charge in [-0.2, -0.15) is 16.8 Å². The fourth-order valence-electron chi connectivity index (χ4n) is 5.99. The minimum absolute atomic E-state index is 0.214. The predicted octanol–water partition coefficient (Wildman–Crippen LogP) is 3.60. The van der Waals surface area contributed by atoms with Gasteiger partial charge < -0.3 is 0 Å². The zero-order chi connectivity index (χ0) is 19.2. The molecule has 2 fully saturated rings. The van der Waals surface area contributed by atoms with Gasteiger partial charge in [-0.1, -0.05) is 66.2 Å².